The second-order valence-corrected chi connectivity index (χ2v) is 6.50. The van der Waals surface area contributed by atoms with E-state index in [4.69, 9.17) is 9.57 Å². The van der Waals surface area contributed by atoms with E-state index < -0.39 is 5.72 Å². The van der Waals surface area contributed by atoms with Gasteiger partial charge in [-0.15, -0.1) is 5.48 Å². The smallest absolute Gasteiger partial charge is 0.202 e. The van der Waals surface area contributed by atoms with Gasteiger partial charge in [0.05, 0.1) is 0 Å². The number of hydrogen-bond donors (Lipinski definition) is 1. The standard InChI is InChI=1S/C21H23NO2/c1-3-6-15-9-11-17(12-10-15)20-19-14-13-16-7-4-5-8-18(16)21(19,23-2)22-24-20/h4-5,7-12,22H,3,6,13-14H2,1-2H3. The minimum atomic E-state index is -0.660. The summed E-state index contributed by atoms with van der Waals surface area (Å²) in [7, 11) is 1.74. The van der Waals surface area contributed by atoms with Crippen molar-refractivity contribution in [3.63, 3.8) is 0 Å². The fourth-order valence-electron chi connectivity index (χ4n) is 3.87. The van der Waals surface area contributed by atoms with E-state index in [-0.39, 0.29) is 0 Å². The first-order chi connectivity index (χ1) is 11.8. The Bertz CT molecular complexity index is 779. The van der Waals surface area contributed by atoms with E-state index in [9.17, 15) is 0 Å². The summed E-state index contributed by atoms with van der Waals surface area (Å²) in [6, 6.07) is 17.1. The van der Waals surface area contributed by atoms with Crippen LogP contribution in [-0.4, -0.2) is 7.11 Å². The zero-order chi connectivity index (χ0) is 16.6. The van der Waals surface area contributed by atoms with Gasteiger partial charge in [-0.1, -0.05) is 61.9 Å². The molecule has 1 unspecified atom stereocenters. The van der Waals surface area contributed by atoms with Crippen LogP contribution in [0, 0.1) is 0 Å². The summed E-state index contributed by atoms with van der Waals surface area (Å²) < 4.78 is 5.95. The Balaban J connectivity index is 1.78. The van der Waals surface area contributed by atoms with Gasteiger partial charge in [-0.05, 0) is 30.4 Å². The molecule has 1 aliphatic carbocycles. The number of hydroxylamine groups is 1. The van der Waals surface area contributed by atoms with Crippen LogP contribution >= 0.6 is 0 Å². The van der Waals surface area contributed by atoms with Crippen LogP contribution in [0.3, 0.4) is 0 Å². The van der Waals surface area contributed by atoms with Gasteiger partial charge in [0.1, 0.15) is 0 Å². The molecule has 2 aromatic carbocycles. The lowest BCUT2D eigenvalue weighted by atomic mass is 9.80. The van der Waals surface area contributed by atoms with Crippen molar-refractivity contribution in [2.45, 2.75) is 38.3 Å². The molecular formula is C21H23NO2. The van der Waals surface area contributed by atoms with Crippen molar-refractivity contribution in [1.82, 2.24) is 5.48 Å². The van der Waals surface area contributed by atoms with Crippen LogP contribution in [0.5, 0.6) is 0 Å². The van der Waals surface area contributed by atoms with Gasteiger partial charge in [0.2, 0.25) is 5.72 Å². The number of hydrogen-bond acceptors (Lipinski definition) is 3. The molecule has 4 rings (SSSR count). The summed E-state index contributed by atoms with van der Waals surface area (Å²) in [6.45, 7) is 2.20. The fraction of sp³-hybridized carbons (Fsp3) is 0.333. The number of benzene rings is 2. The summed E-state index contributed by atoms with van der Waals surface area (Å²) in [6.07, 6.45) is 4.22. The summed E-state index contributed by atoms with van der Waals surface area (Å²) >= 11 is 0. The van der Waals surface area contributed by atoms with E-state index in [2.05, 4.69) is 60.9 Å². The molecule has 1 atom stereocenters. The molecule has 0 saturated heterocycles. The highest BCUT2D eigenvalue weighted by Gasteiger charge is 2.48. The van der Waals surface area contributed by atoms with Gasteiger partial charge >= 0.3 is 0 Å². The molecular weight excluding hydrogens is 298 g/mol. The zero-order valence-electron chi connectivity index (χ0n) is 14.3. The second-order valence-electron chi connectivity index (χ2n) is 6.50. The first-order valence-electron chi connectivity index (χ1n) is 8.69. The largest absolute Gasteiger partial charge is 0.405 e. The van der Waals surface area contributed by atoms with E-state index in [1.54, 1.807) is 7.11 Å². The minimum absolute atomic E-state index is 0.660. The molecule has 1 aliphatic heterocycles. The van der Waals surface area contributed by atoms with Crippen molar-refractivity contribution in [2.24, 2.45) is 0 Å². The number of nitrogens with one attached hydrogen (secondary N) is 1. The average Bonchev–Trinajstić information content (AvgIpc) is 3.03. The molecule has 24 heavy (non-hydrogen) atoms. The fourth-order valence-corrected chi connectivity index (χ4v) is 3.87. The number of fused-ring (bicyclic) bond motifs is 3. The van der Waals surface area contributed by atoms with Crippen molar-refractivity contribution in [2.75, 3.05) is 7.11 Å². The summed E-state index contributed by atoms with van der Waals surface area (Å²) in [5, 5.41) is 0. The van der Waals surface area contributed by atoms with Gasteiger partial charge in [-0.3, -0.25) is 0 Å². The van der Waals surface area contributed by atoms with Crippen molar-refractivity contribution < 1.29 is 9.57 Å². The van der Waals surface area contributed by atoms with E-state index in [1.807, 2.05) is 0 Å². The highest BCUT2D eigenvalue weighted by Crippen LogP contribution is 2.47. The van der Waals surface area contributed by atoms with Gasteiger partial charge in [0.15, 0.2) is 5.76 Å². The van der Waals surface area contributed by atoms with Crippen LogP contribution in [0.2, 0.25) is 0 Å². The molecule has 0 spiro atoms. The monoisotopic (exact) mass is 321 g/mol. The molecule has 0 fully saturated rings. The molecule has 0 saturated carbocycles. The number of ether oxygens (including phenoxy) is 1. The van der Waals surface area contributed by atoms with Gasteiger partial charge in [0.25, 0.3) is 0 Å². The zero-order valence-corrected chi connectivity index (χ0v) is 14.3. The Labute approximate surface area is 143 Å². The third-order valence-corrected chi connectivity index (χ3v) is 5.10. The predicted octanol–water partition coefficient (Wildman–Crippen LogP) is 4.33. The van der Waals surface area contributed by atoms with Gasteiger partial charge in [0, 0.05) is 23.8 Å². The summed E-state index contributed by atoms with van der Waals surface area (Å²) in [5.41, 5.74) is 8.65. The third-order valence-electron chi connectivity index (χ3n) is 5.10. The molecule has 0 aromatic heterocycles. The molecule has 1 N–H and O–H groups in total. The SMILES string of the molecule is CCCc1ccc(C2=C3CCc4ccccc4C3(OC)NO2)cc1. The Hall–Kier alpha value is -2.10. The molecule has 0 radical (unpaired) electrons. The number of rotatable bonds is 4. The number of methoxy groups -OCH3 is 1. The predicted molar refractivity (Wildman–Crippen MR) is 95.0 cm³/mol. The summed E-state index contributed by atoms with van der Waals surface area (Å²) in [5.74, 6) is 0.911. The Morgan fingerprint density at radius 3 is 2.62 bits per heavy atom. The van der Waals surface area contributed by atoms with Crippen molar-refractivity contribution >= 4 is 5.76 Å². The van der Waals surface area contributed by atoms with Crippen molar-refractivity contribution in [3.8, 4) is 0 Å². The maximum Gasteiger partial charge on any atom is 0.202 e. The lowest BCUT2D eigenvalue weighted by Crippen LogP contribution is -2.43. The highest BCUT2D eigenvalue weighted by atomic mass is 16.7. The quantitative estimate of drug-likeness (QED) is 0.909. The highest BCUT2D eigenvalue weighted by molar-refractivity contribution is 5.69. The van der Waals surface area contributed by atoms with Crippen LogP contribution in [0.1, 0.15) is 42.0 Å². The van der Waals surface area contributed by atoms with Gasteiger partial charge in [-0.25, -0.2) is 0 Å². The molecule has 1 heterocycles. The Morgan fingerprint density at radius 2 is 1.88 bits per heavy atom. The maximum absolute atomic E-state index is 5.95. The lowest BCUT2D eigenvalue weighted by Gasteiger charge is -2.34. The van der Waals surface area contributed by atoms with Crippen LogP contribution < -0.4 is 5.48 Å². The molecule has 124 valence electrons. The second kappa shape index (κ2) is 6.08. The average molecular weight is 321 g/mol. The third kappa shape index (κ3) is 2.27. The van der Waals surface area contributed by atoms with Crippen molar-refractivity contribution in [3.05, 3.63) is 76.4 Å². The normalized spacial score (nSPS) is 22.1. The minimum Gasteiger partial charge on any atom is -0.405 e. The molecule has 3 nitrogen and oxygen atoms in total. The Kier molecular flexibility index (Phi) is 3.91. The first kappa shape index (κ1) is 15.4. The summed E-state index contributed by atoms with van der Waals surface area (Å²) in [4.78, 5) is 5.94. The van der Waals surface area contributed by atoms with E-state index in [0.29, 0.717) is 0 Å². The van der Waals surface area contributed by atoms with Crippen LogP contribution in [0.4, 0.5) is 0 Å². The van der Waals surface area contributed by atoms with Crippen LogP contribution in [-0.2, 0) is 28.1 Å². The maximum atomic E-state index is 5.95. The first-order valence-corrected chi connectivity index (χ1v) is 8.69. The van der Waals surface area contributed by atoms with Crippen LogP contribution in [0.25, 0.3) is 5.76 Å². The molecule has 0 amide bonds. The molecule has 2 aromatic rings. The Morgan fingerprint density at radius 1 is 1.08 bits per heavy atom. The molecule has 0 bridgehead atoms. The molecule has 2 aliphatic rings. The van der Waals surface area contributed by atoms with E-state index >= 15 is 0 Å². The van der Waals surface area contributed by atoms with Gasteiger partial charge < -0.3 is 9.57 Å². The van der Waals surface area contributed by atoms with E-state index in [0.717, 1.165) is 42.6 Å². The van der Waals surface area contributed by atoms with Crippen LogP contribution in [0.15, 0.2) is 54.1 Å². The van der Waals surface area contributed by atoms with Gasteiger partial charge in [-0.2, -0.15) is 0 Å². The topological polar surface area (TPSA) is 30.5 Å². The number of aryl methyl sites for hydroxylation is 2. The van der Waals surface area contributed by atoms with Crippen molar-refractivity contribution in [1.29, 1.82) is 0 Å². The van der Waals surface area contributed by atoms with E-state index in [1.165, 1.54) is 16.7 Å². The lowest BCUT2D eigenvalue weighted by molar-refractivity contribution is -0.0788. The molecule has 3 heteroatoms.